The molecule has 1 aromatic carbocycles. The molecule has 1 aromatic heterocycles. The summed E-state index contributed by atoms with van der Waals surface area (Å²) in [5, 5.41) is 13.9. The molecule has 0 bridgehead atoms. The summed E-state index contributed by atoms with van der Waals surface area (Å²) in [6.45, 7) is 1.09. The van der Waals surface area contributed by atoms with Gasteiger partial charge in [-0.3, -0.25) is 4.79 Å². The normalized spacial score (nSPS) is 21.8. The molecule has 4 heteroatoms. The van der Waals surface area contributed by atoms with Crippen LogP contribution in [0.5, 0.6) is 0 Å². The molecule has 3 rings (SSSR count). The maximum atomic E-state index is 12.1. The van der Waals surface area contributed by atoms with E-state index in [9.17, 15) is 9.90 Å². The fourth-order valence-electron chi connectivity index (χ4n) is 3.42. The number of para-hydroxylation sites is 1. The topological polar surface area (TPSA) is 54.3 Å². The van der Waals surface area contributed by atoms with Gasteiger partial charge in [0.25, 0.3) is 5.56 Å². The zero-order valence-corrected chi connectivity index (χ0v) is 12.4. The third-order valence-electron chi connectivity index (χ3n) is 4.76. The molecule has 0 aliphatic heterocycles. The molecule has 21 heavy (non-hydrogen) atoms. The van der Waals surface area contributed by atoms with Gasteiger partial charge in [0, 0.05) is 37.3 Å². The second kappa shape index (κ2) is 5.90. The Kier molecular flexibility index (Phi) is 3.97. The highest BCUT2D eigenvalue weighted by atomic mass is 16.3. The summed E-state index contributed by atoms with van der Waals surface area (Å²) in [7, 11) is 1.80. The van der Waals surface area contributed by atoms with E-state index in [1.165, 1.54) is 6.42 Å². The van der Waals surface area contributed by atoms with E-state index in [0.29, 0.717) is 11.8 Å². The van der Waals surface area contributed by atoms with E-state index in [2.05, 4.69) is 5.32 Å². The van der Waals surface area contributed by atoms with E-state index >= 15 is 0 Å². The van der Waals surface area contributed by atoms with Gasteiger partial charge in [0.05, 0.1) is 5.52 Å². The molecule has 0 spiro atoms. The number of hydrogen-bond acceptors (Lipinski definition) is 3. The molecule has 2 unspecified atom stereocenters. The van der Waals surface area contributed by atoms with E-state index in [4.69, 9.17) is 0 Å². The van der Waals surface area contributed by atoms with Gasteiger partial charge in [-0.15, -0.1) is 0 Å². The number of aryl methyl sites for hydroxylation is 1. The highest BCUT2D eigenvalue weighted by Crippen LogP contribution is 2.32. The smallest absolute Gasteiger partial charge is 0.252 e. The number of hydrogen-bond donors (Lipinski definition) is 2. The summed E-state index contributed by atoms with van der Waals surface area (Å²) in [6.07, 6.45) is 3.45. The number of nitrogens with zero attached hydrogens (tertiary/aromatic N) is 1. The molecule has 2 N–H and O–H groups in total. The van der Waals surface area contributed by atoms with Crippen molar-refractivity contribution >= 4 is 16.6 Å². The highest BCUT2D eigenvalue weighted by molar-refractivity contribution is 5.91. The fourth-order valence-corrected chi connectivity index (χ4v) is 3.42. The Bertz CT molecular complexity index is 693. The SMILES string of the molecule is Cn1c(=O)cc(NCC2CCCC2CO)c2ccccc21. The van der Waals surface area contributed by atoms with E-state index in [1.807, 2.05) is 24.3 Å². The quantitative estimate of drug-likeness (QED) is 0.907. The average Bonchev–Trinajstić information content (AvgIpc) is 2.97. The van der Waals surface area contributed by atoms with Gasteiger partial charge in [0.1, 0.15) is 0 Å². The van der Waals surface area contributed by atoms with Crippen molar-refractivity contribution in [3.63, 3.8) is 0 Å². The lowest BCUT2D eigenvalue weighted by Gasteiger charge is -2.19. The minimum atomic E-state index is 0.00123. The summed E-state index contributed by atoms with van der Waals surface area (Å²) < 4.78 is 1.67. The maximum Gasteiger partial charge on any atom is 0.252 e. The second-order valence-corrected chi connectivity index (χ2v) is 5.99. The third-order valence-corrected chi connectivity index (χ3v) is 4.76. The van der Waals surface area contributed by atoms with Gasteiger partial charge in [-0.1, -0.05) is 24.6 Å². The number of benzene rings is 1. The summed E-state index contributed by atoms with van der Waals surface area (Å²) in [5.41, 5.74) is 1.84. The van der Waals surface area contributed by atoms with E-state index < -0.39 is 0 Å². The number of aromatic nitrogens is 1. The van der Waals surface area contributed by atoms with Crippen LogP contribution in [0.1, 0.15) is 19.3 Å². The number of pyridine rings is 1. The first-order valence-corrected chi connectivity index (χ1v) is 7.64. The molecule has 0 saturated heterocycles. The van der Waals surface area contributed by atoms with Crippen molar-refractivity contribution in [3.05, 3.63) is 40.7 Å². The first-order chi connectivity index (χ1) is 10.2. The molecule has 2 atom stereocenters. The minimum absolute atomic E-state index is 0.00123. The summed E-state index contributed by atoms with van der Waals surface area (Å²) >= 11 is 0. The number of nitrogens with one attached hydrogen (secondary N) is 1. The van der Waals surface area contributed by atoms with Crippen molar-refractivity contribution in [2.75, 3.05) is 18.5 Å². The van der Waals surface area contributed by atoms with E-state index in [1.54, 1.807) is 17.7 Å². The number of aliphatic hydroxyl groups is 1. The maximum absolute atomic E-state index is 12.1. The molecular weight excluding hydrogens is 264 g/mol. The molecule has 0 radical (unpaired) electrons. The molecule has 1 heterocycles. The van der Waals surface area contributed by atoms with Crippen LogP contribution < -0.4 is 10.9 Å². The lowest BCUT2D eigenvalue weighted by molar-refractivity contribution is 0.199. The zero-order chi connectivity index (χ0) is 14.8. The third kappa shape index (κ3) is 2.68. The molecule has 1 saturated carbocycles. The Morgan fingerprint density at radius 2 is 2.05 bits per heavy atom. The molecule has 1 aliphatic rings. The summed E-state index contributed by atoms with van der Waals surface area (Å²) in [6, 6.07) is 9.61. The van der Waals surface area contributed by atoms with Gasteiger partial charge in [-0.2, -0.15) is 0 Å². The number of anilines is 1. The van der Waals surface area contributed by atoms with Gasteiger partial charge in [0.2, 0.25) is 0 Å². The number of rotatable bonds is 4. The van der Waals surface area contributed by atoms with Crippen LogP contribution in [0.25, 0.3) is 10.9 Å². The minimum Gasteiger partial charge on any atom is -0.396 e. The van der Waals surface area contributed by atoms with Gasteiger partial charge in [0.15, 0.2) is 0 Å². The summed E-state index contributed by atoms with van der Waals surface area (Å²) in [5.74, 6) is 0.896. The first kappa shape index (κ1) is 14.1. The lowest BCUT2D eigenvalue weighted by Crippen LogP contribution is -2.23. The van der Waals surface area contributed by atoms with Crippen LogP contribution in [-0.2, 0) is 7.05 Å². The van der Waals surface area contributed by atoms with Crippen molar-refractivity contribution in [3.8, 4) is 0 Å². The Balaban J connectivity index is 1.87. The fraction of sp³-hybridized carbons (Fsp3) is 0.471. The predicted molar refractivity (Wildman–Crippen MR) is 85.6 cm³/mol. The molecular formula is C17H22N2O2. The number of aliphatic hydroxyl groups excluding tert-OH is 1. The Labute approximate surface area is 124 Å². The predicted octanol–water partition coefficient (Wildman–Crippen LogP) is 2.36. The van der Waals surface area contributed by atoms with Gasteiger partial charge in [-0.05, 0) is 30.7 Å². The zero-order valence-electron chi connectivity index (χ0n) is 12.4. The van der Waals surface area contributed by atoms with Crippen LogP contribution in [0, 0.1) is 11.8 Å². The molecule has 112 valence electrons. The lowest BCUT2D eigenvalue weighted by atomic mass is 9.97. The van der Waals surface area contributed by atoms with Crippen molar-refractivity contribution in [2.45, 2.75) is 19.3 Å². The van der Waals surface area contributed by atoms with Gasteiger partial charge in [-0.25, -0.2) is 0 Å². The first-order valence-electron chi connectivity index (χ1n) is 7.64. The molecule has 0 amide bonds. The van der Waals surface area contributed by atoms with Crippen LogP contribution in [0.3, 0.4) is 0 Å². The Morgan fingerprint density at radius 1 is 1.29 bits per heavy atom. The highest BCUT2D eigenvalue weighted by Gasteiger charge is 2.26. The molecule has 1 aliphatic carbocycles. The van der Waals surface area contributed by atoms with Crippen molar-refractivity contribution in [1.29, 1.82) is 0 Å². The van der Waals surface area contributed by atoms with Gasteiger partial charge >= 0.3 is 0 Å². The van der Waals surface area contributed by atoms with Crippen molar-refractivity contribution < 1.29 is 5.11 Å². The second-order valence-electron chi connectivity index (χ2n) is 5.99. The van der Waals surface area contributed by atoms with E-state index in [0.717, 1.165) is 36.0 Å². The largest absolute Gasteiger partial charge is 0.396 e. The molecule has 1 fully saturated rings. The van der Waals surface area contributed by atoms with Crippen LogP contribution in [0.2, 0.25) is 0 Å². The van der Waals surface area contributed by atoms with Crippen molar-refractivity contribution in [2.24, 2.45) is 18.9 Å². The monoisotopic (exact) mass is 286 g/mol. The van der Waals surface area contributed by atoms with Crippen LogP contribution >= 0.6 is 0 Å². The van der Waals surface area contributed by atoms with Crippen molar-refractivity contribution in [1.82, 2.24) is 4.57 Å². The standard InChI is InChI=1S/C17H22N2O2/c1-19-16-8-3-2-7-14(16)15(9-17(19)21)18-10-12-5-4-6-13(12)11-20/h2-3,7-9,12-13,18,20H,4-6,10-11H2,1H3. The van der Waals surface area contributed by atoms with Crippen LogP contribution in [0.15, 0.2) is 35.1 Å². The molecule has 2 aromatic rings. The Morgan fingerprint density at radius 3 is 2.86 bits per heavy atom. The number of fused-ring (bicyclic) bond motifs is 1. The van der Waals surface area contributed by atoms with Crippen LogP contribution in [0.4, 0.5) is 5.69 Å². The van der Waals surface area contributed by atoms with Crippen LogP contribution in [-0.4, -0.2) is 22.8 Å². The van der Waals surface area contributed by atoms with Gasteiger partial charge < -0.3 is 15.0 Å². The summed E-state index contributed by atoms with van der Waals surface area (Å²) in [4.78, 5) is 12.1. The average molecular weight is 286 g/mol. The van der Waals surface area contributed by atoms with E-state index in [-0.39, 0.29) is 12.2 Å². The Hall–Kier alpha value is -1.81. The molecule has 4 nitrogen and oxygen atoms in total.